The van der Waals surface area contributed by atoms with Crippen molar-refractivity contribution in [3.8, 4) is 0 Å². The third kappa shape index (κ3) is 5.57. The number of benzene rings is 1. The van der Waals surface area contributed by atoms with Gasteiger partial charge in [0.2, 0.25) is 21.1 Å². The van der Waals surface area contributed by atoms with Crippen LogP contribution in [0.5, 0.6) is 0 Å². The molecular weight excluding hydrogens is 416 g/mol. The van der Waals surface area contributed by atoms with Crippen LogP contribution in [-0.2, 0) is 14.8 Å². The predicted molar refractivity (Wildman–Crippen MR) is 108 cm³/mol. The standard InChI is InChI=1S/C15H19ClN4O3S3/c1-9(2)24-15-19-18-14(25-15)17-13(21)10(3)20(26(4,22)23)12-7-5-6-11(16)8-12/h5-10H,1-4H3,(H,17,18,21)/t10-/m1/s1. The quantitative estimate of drug-likeness (QED) is 0.529. The van der Waals surface area contributed by atoms with Gasteiger partial charge in [0.1, 0.15) is 6.04 Å². The van der Waals surface area contributed by atoms with Gasteiger partial charge >= 0.3 is 0 Å². The highest BCUT2D eigenvalue weighted by atomic mass is 35.5. The first-order chi connectivity index (χ1) is 12.1. The molecule has 0 aliphatic heterocycles. The molecule has 1 amide bonds. The Morgan fingerprint density at radius 2 is 2.00 bits per heavy atom. The molecule has 0 radical (unpaired) electrons. The van der Waals surface area contributed by atoms with Crippen LogP contribution in [0.4, 0.5) is 10.8 Å². The van der Waals surface area contributed by atoms with E-state index in [2.05, 4.69) is 15.5 Å². The number of carbonyl (C=O) groups is 1. The van der Waals surface area contributed by atoms with Crippen LogP contribution in [0.2, 0.25) is 5.02 Å². The summed E-state index contributed by atoms with van der Waals surface area (Å²) in [4.78, 5) is 12.6. The number of halogens is 1. The third-order valence-electron chi connectivity index (χ3n) is 3.12. The van der Waals surface area contributed by atoms with Crippen molar-refractivity contribution < 1.29 is 13.2 Å². The number of anilines is 2. The van der Waals surface area contributed by atoms with Crippen molar-refractivity contribution >= 4 is 61.4 Å². The molecule has 11 heteroatoms. The summed E-state index contributed by atoms with van der Waals surface area (Å²) in [6.07, 6.45) is 1.04. The first-order valence-electron chi connectivity index (χ1n) is 7.64. The van der Waals surface area contributed by atoms with Crippen LogP contribution < -0.4 is 9.62 Å². The van der Waals surface area contributed by atoms with E-state index in [0.717, 1.165) is 14.9 Å². The first-order valence-corrected chi connectivity index (χ1v) is 11.6. The van der Waals surface area contributed by atoms with Crippen molar-refractivity contribution in [2.24, 2.45) is 0 Å². The molecule has 1 aromatic carbocycles. The SMILES string of the molecule is CC(C)Sc1nnc(NC(=O)[C@@H](C)N(c2cccc(Cl)c2)S(C)(=O)=O)s1. The summed E-state index contributed by atoms with van der Waals surface area (Å²) in [7, 11) is -3.70. The fraction of sp³-hybridized carbons (Fsp3) is 0.400. The first kappa shape index (κ1) is 20.9. The van der Waals surface area contributed by atoms with Gasteiger partial charge in [0.05, 0.1) is 11.9 Å². The van der Waals surface area contributed by atoms with E-state index in [9.17, 15) is 13.2 Å². The Hall–Kier alpha value is -1.36. The molecule has 1 aromatic heterocycles. The van der Waals surface area contributed by atoms with Gasteiger partial charge in [-0.25, -0.2) is 8.42 Å². The van der Waals surface area contributed by atoms with Crippen LogP contribution in [0, 0.1) is 0 Å². The van der Waals surface area contributed by atoms with E-state index in [1.807, 2.05) is 13.8 Å². The van der Waals surface area contributed by atoms with Crippen LogP contribution in [0.15, 0.2) is 28.6 Å². The van der Waals surface area contributed by atoms with E-state index in [4.69, 9.17) is 11.6 Å². The molecule has 0 unspecified atom stereocenters. The van der Waals surface area contributed by atoms with Crippen molar-refractivity contribution in [1.29, 1.82) is 0 Å². The number of aromatic nitrogens is 2. The lowest BCUT2D eigenvalue weighted by molar-refractivity contribution is -0.116. The van der Waals surface area contributed by atoms with Crippen molar-refractivity contribution in [3.63, 3.8) is 0 Å². The van der Waals surface area contributed by atoms with Gasteiger partial charge in [0.15, 0.2) is 4.34 Å². The largest absolute Gasteiger partial charge is 0.299 e. The number of sulfonamides is 1. The molecule has 0 saturated heterocycles. The van der Waals surface area contributed by atoms with Gasteiger partial charge in [-0.15, -0.1) is 10.2 Å². The van der Waals surface area contributed by atoms with Gasteiger partial charge in [-0.2, -0.15) is 0 Å². The molecule has 7 nitrogen and oxygen atoms in total. The third-order valence-corrected chi connectivity index (χ3v) is 6.53. The van der Waals surface area contributed by atoms with Crippen molar-refractivity contribution in [2.75, 3.05) is 15.9 Å². The Labute approximate surface area is 166 Å². The van der Waals surface area contributed by atoms with Crippen LogP contribution in [0.1, 0.15) is 20.8 Å². The van der Waals surface area contributed by atoms with Gasteiger partial charge in [-0.05, 0) is 25.1 Å². The average Bonchev–Trinajstić information content (AvgIpc) is 2.92. The fourth-order valence-electron chi connectivity index (χ4n) is 2.14. The van der Waals surface area contributed by atoms with Crippen molar-refractivity contribution in [2.45, 2.75) is 36.4 Å². The molecule has 2 aromatic rings. The molecule has 1 N–H and O–H groups in total. The minimum absolute atomic E-state index is 0.316. The summed E-state index contributed by atoms with van der Waals surface area (Å²) >= 11 is 8.74. The van der Waals surface area contributed by atoms with E-state index in [-0.39, 0.29) is 0 Å². The predicted octanol–water partition coefficient (Wildman–Crippen LogP) is 3.49. The highest BCUT2D eigenvalue weighted by molar-refractivity contribution is 8.01. The fourth-order valence-corrected chi connectivity index (χ4v) is 5.47. The Kier molecular flexibility index (Phi) is 6.89. The minimum Gasteiger partial charge on any atom is -0.299 e. The number of nitrogens with one attached hydrogen (secondary N) is 1. The summed E-state index contributed by atoms with van der Waals surface area (Å²) < 4.78 is 26.2. The van der Waals surface area contributed by atoms with E-state index < -0.39 is 22.0 Å². The van der Waals surface area contributed by atoms with E-state index in [0.29, 0.717) is 21.1 Å². The molecule has 142 valence electrons. The molecule has 0 fully saturated rings. The Bertz CT molecular complexity index is 886. The molecule has 2 rings (SSSR count). The molecule has 26 heavy (non-hydrogen) atoms. The molecule has 0 aliphatic carbocycles. The van der Waals surface area contributed by atoms with Crippen LogP contribution in [-0.4, -0.2) is 42.1 Å². The number of amides is 1. The smallest absolute Gasteiger partial charge is 0.249 e. The molecule has 0 saturated carbocycles. The van der Waals surface area contributed by atoms with Gasteiger partial charge in [0.25, 0.3) is 0 Å². The second kappa shape index (κ2) is 8.55. The van der Waals surface area contributed by atoms with Gasteiger partial charge < -0.3 is 0 Å². The van der Waals surface area contributed by atoms with Crippen molar-refractivity contribution in [3.05, 3.63) is 29.3 Å². The van der Waals surface area contributed by atoms with Crippen LogP contribution in [0.25, 0.3) is 0 Å². The molecule has 0 bridgehead atoms. The normalized spacial score (nSPS) is 12.8. The number of thioether (sulfide) groups is 1. The summed E-state index contributed by atoms with van der Waals surface area (Å²) in [6, 6.07) is 5.34. The summed E-state index contributed by atoms with van der Waals surface area (Å²) in [5, 5.41) is 11.6. The lowest BCUT2D eigenvalue weighted by Gasteiger charge is -2.27. The lowest BCUT2D eigenvalue weighted by atomic mass is 10.2. The number of carbonyl (C=O) groups excluding carboxylic acids is 1. The second-order valence-electron chi connectivity index (χ2n) is 5.74. The van der Waals surface area contributed by atoms with Crippen molar-refractivity contribution in [1.82, 2.24) is 10.2 Å². The molecule has 1 heterocycles. The van der Waals surface area contributed by atoms with E-state index in [1.165, 1.54) is 36.1 Å². The molecule has 0 aliphatic rings. The van der Waals surface area contributed by atoms with E-state index in [1.54, 1.807) is 18.2 Å². The van der Waals surface area contributed by atoms with Crippen LogP contribution >= 0.6 is 34.7 Å². The number of hydrogen-bond donors (Lipinski definition) is 1. The molecule has 1 atom stereocenters. The Morgan fingerprint density at radius 3 is 2.58 bits per heavy atom. The summed E-state index contributed by atoms with van der Waals surface area (Å²) in [5.41, 5.74) is 0.316. The Balaban J connectivity index is 2.21. The Morgan fingerprint density at radius 1 is 1.31 bits per heavy atom. The summed E-state index contributed by atoms with van der Waals surface area (Å²) in [6.45, 7) is 5.56. The zero-order valence-corrected chi connectivity index (χ0v) is 17.8. The maximum absolute atomic E-state index is 12.6. The number of hydrogen-bond acceptors (Lipinski definition) is 7. The molecular formula is C15H19ClN4O3S3. The number of nitrogens with zero attached hydrogens (tertiary/aromatic N) is 3. The topological polar surface area (TPSA) is 92.3 Å². The van der Waals surface area contributed by atoms with Crippen LogP contribution in [0.3, 0.4) is 0 Å². The zero-order chi connectivity index (χ0) is 19.5. The average molecular weight is 435 g/mol. The molecule has 0 spiro atoms. The monoisotopic (exact) mass is 434 g/mol. The van der Waals surface area contributed by atoms with E-state index >= 15 is 0 Å². The summed E-state index contributed by atoms with van der Waals surface area (Å²) in [5.74, 6) is -0.507. The number of rotatable bonds is 7. The zero-order valence-electron chi connectivity index (χ0n) is 14.6. The maximum Gasteiger partial charge on any atom is 0.249 e. The lowest BCUT2D eigenvalue weighted by Crippen LogP contribution is -2.45. The van der Waals surface area contributed by atoms with Gasteiger partial charge in [-0.3, -0.25) is 14.4 Å². The minimum atomic E-state index is -3.70. The van der Waals surface area contributed by atoms with Gasteiger partial charge in [0, 0.05) is 10.3 Å². The highest BCUT2D eigenvalue weighted by Gasteiger charge is 2.29. The second-order valence-corrected chi connectivity index (χ2v) is 10.8. The maximum atomic E-state index is 12.6. The van der Waals surface area contributed by atoms with Gasteiger partial charge in [-0.1, -0.05) is 54.6 Å². The highest BCUT2D eigenvalue weighted by Crippen LogP contribution is 2.29.